The van der Waals surface area contributed by atoms with Gasteiger partial charge in [-0.3, -0.25) is 0 Å². The van der Waals surface area contributed by atoms with Gasteiger partial charge < -0.3 is 5.32 Å². The first-order valence-corrected chi connectivity index (χ1v) is 6.92. The number of nitrogens with one attached hydrogen (secondary N) is 1. The van der Waals surface area contributed by atoms with Crippen molar-refractivity contribution in [2.24, 2.45) is 0 Å². The molecule has 82 valence electrons. The molecule has 1 aliphatic rings. The Kier molecular flexibility index (Phi) is 4.21. The third kappa shape index (κ3) is 3.28. The molecule has 1 saturated heterocycles. The Hall–Kier alpha value is 0.110. The van der Waals surface area contributed by atoms with Crippen LogP contribution in [-0.4, -0.2) is 17.5 Å². The van der Waals surface area contributed by atoms with Gasteiger partial charge in [-0.25, -0.2) is 0 Å². The minimum Gasteiger partial charge on any atom is -0.309 e. The molecule has 1 aliphatic heterocycles. The summed E-state index contributed by atoms with van der Waals surface area (Å²) < 4.78 is 0. The molecule has 0 radical (unpaired) electrons. The number of hydrogen-bond acceptors (Lipinski definition) is 2. The molecule has 1 aromatic carbocycles. The first-order valence-electron chi connectivity index (χ1n) is 5.01. The van der Waals surface area contributed by atoms with Crippen molar-refractivity contribution in [1.82, 2.24) is 5.32 Å². The summed E-state index contributed by atoms with van der Waals surface area (Å²) in [5.74, 6) is 2.48. The summed E-state index contributed by atoms with van der Waals surface area (Å²) in [5.41, 5.74) is 1.12. The lowest BCUT2D eigenvalue weighted by Crippen LogP contribution is -2.28. The lowest BCUT2D eigenvalue weighted by molar-refractivity contribution is 0.558. The molecule has 1 heterocycles. The van der Waals surface area contributed by atoms with Crippen LogP contribution in [0.2, 0.25) is 10.0 Å². The maximum absolute atomic E-state index is 6.09. The summed E-state index contributed by atoms with van der Waals surface area (Å²) >= 11 is 13.9. The molecule has 1 unspecified atom stereocenters. The van der Waals surface area contributed by atoms with Gasteiger partial charge in [-0.1, -0.05) is 29.3 Å². The predicted octanol–water partition coefficient (Wildman–Crippen LogP) is 3.59. The lowest BCUT2D eigenvalue weighted by atomic mass is 10.2. The van der Waals surface area contributed by atoms with E-state index in [0.29, 0.717) is 11.1 Å². The van der Waals surface area contributed by atoms with Crippen LogP contribution in [0.25, 0.3) is 0 Å². The van der Waals surface area contributed by atoms with E-state index >= 15 is 0 Å². The normalized spacial score (nSPS) is 20.8. The largest absolute Gasteiger partial charge is 0.309 e. The van der Waals surface area contributed by atoms with Crippen molar-refractivity contribution in [1.29, 1.82) is 0 Å². The van der Waals surface area contributed by atoms with Crippen LogP contribution in [0.1, 0.15) is 12.0 Å². The quantitative estimate of drug-likeness (QED) is 0.893. The highest BCUT2D eigenvalue weighted by atomic mass is 35.5. The molecule has 4 heteroatoms. The second-order valence-electron chi connectivity index (χ2n) is 3.68. The highest BCUT2D eigenvalue weighted by Gasteiger charge is 2.14. The second kappa shape index (κ2) is 5.44. The second-order valence-corrected chi connectivity index (χ2v) is 5.67. The Balaban J connectivity index is 1.92. The Bertz CT molecular complexity index is 337. The van der Waals surface area contributed by atoms with E-state index in [1.165, 1.54) is 17.9 Å². The molecule has 15 heavy (non-hydrogen) atoms. The monoisotopic (exact) mass is 261 g/mol. The summed E-state index contributed by atoms with van der Waals surface area (Å²) in [6, 6.07) is 6.30. The average molecular weight is 262 g/mol. The first-order chi connectivity index (χ1) is 7.25. The van der Waals surface area contributed by atoms with Crippen LogP contribution in [0.15, 0.2) is 18.2 Å². The van der Waals surface area contributed by atoms with Gasteiger partial charge in [-0.2, -0.15) is 11.8 Å². The van der Waals surface area contributed by atoms with Crippen LogP contribution in [0.4, 0.5) is 0 Å². The van der Waals surface area contributed by atoms with Crippen molar-refractivity contribution in [3.05, 3.63) is 33.8 Å². The number of halogens is 2. The van der Waals surface area contributed by atoms with Crippen molar-refractivity contribution in [3.63, 3.8) is 0 Å². The fraction of sp³-hybridized carbons (Fsp3) is 0.455. The molecule has 1 N–H and O–H groups in total. The molecular weight excluding hydrogens is 249 g/mol. The van der Waals surface area contributed by atoms with Gasteiger partial charge >= 0.3 is 0 Å². The standard InChI is InChI=1S/C11H13Cl2NS/c12-9-2-1-8(11(13)5-9)6-14-10-3-4-15-7-10/h1-2,5,10,14H,3-4,6-7H2. The van der Waals surface area contributed by atoms with Gasteiger partial charge in [-0.05, 0) is 29.9 Å². The van der Waals surface area contributed by atoms with Crippen LogP contribution in [0.3, 0.4) is 0 Å². The Morgan fingerprint density at radius 1 is 1.40 bits per heavy atom. The van der Waals surface area contributed by atoms with Crippen LogP contribution >= 0.6 is 35.0 Å². The highest BCUT2D eigenvalue weighted by molar-refractivity contribution is 7.99. The molecule has 0 spiro atoms. The van der Waals surface area contributed by atoms with Gasteiger partial charge in [-0.15, -0.1) is 0 Å². The van der Waals surface area contributed by atoms with E-state index in [1.54, 1.807) is 6.07 Å². The van der Waals surface area contributed by atoms with E-state index in [-0.39, 0.29) is 0 Å². The summed E-state index contributed by atoms with van der Waals surface area (Å²) in [4.78, 5) is 0. The van der Waals surface area contributed by atoms with Crippen molar-refractivity contribution >= 4 is 35.0 Å². The molecule has 1 nitrogen and oxygen atoms in total. The SMILES string of the molecule is Clc1ccc(CNC2CCSC2)c(Cl)c1. The summed E-state index contributed by atoms with van der Waals surface area (Å²) in [6.07, 6.45) is 1.26. The summed E-state index contributed by atoms with van der Waals surface area (Å²) in [7, 11) is 0. The molecule has 0 bridgehead atoms. The smallest absolute Gasteiger partial charge is 0.0465 e. The van der Waals surface area contributed by atoms with Gasteiger partial charge in [0.25, 0.3) is 0 Å². The summed E-state index contributed by atoms with van der Waals surface area (Å²) in [5, 5.41) is 4.96. The molecule has 1 atom stereocenters. The fourth-order valence-electron chi connectivity index (χ4n) is 1.61. The van der Waals surface area contributed by atoms with Crippen LogP contribution in [-0.2, 0) is 6.54 Å². The number of hydrogen-bond donors (Lipinski definition) is 1. The van der Waals surface area contributed by atoms with E-state index in [4.69, 9.17) is 23.2 Å². The highest BCUT2D eigenvalue weighted by Crippen LogP contribution is 2.22. The van der Waals surface area contributed by atoms with Gasteiger partial charge in [0.2, 0.25) is 0 Å². The maximum atomic E-state index is 6.09. The van der Waals surface area contributed by atoms with E-state index in [2.05, 4.69) is 5.32 Å². The zero-order valence-electron chi connectivity index (χ0n) is 8.30. The third-order valence-electron chi connectivity index (χ3n) is 2.53. The zero-order chi connectivity index (χ0) is 10.7. The van der Waals surface area contributed by atoms with E-state index in [1.807, 2.05) is 23.9 Å². The maximum Gasteiger partial charge on any atom is 0.0465 e. The average Bonchev–Trinajstić information content (AvgIpc) is 2.69. The van der Waals surface area contributed by atoms with Crippen molar-refractivity contribution in [3.8, 4) is 0 Å². The molecule has 2 rings (SSSR count). The van der Waals surface area contributed by atoms with E-state index in [0.717, 1.165) is 17.1 Å². The van der Waals surface area contributed by atoms with Gasteiger partial charge in [0, 0.05) is 28.4 Å². The fourth-order valence-corrected chi connectivity index (χ4v) is 3.28. The zero-order valence-corrected chi connectivity index (χ0v) is 10.6. The van der Waals surface area contributed by atoms with Crippen molar-refractivity contribution in [2.45, 2.75) is 19.0 Å². The van der Waals surface area contributed by atoms with Crippen LogP contribution in [0, 0.1) is 0 Å². The van der Waals surface area contributed by atoms with Crippen LogP contribution < -0.4 is 5.32 Å². The Morgan fingerprint density at radius 2 is 2.27 bits per heavy atom. The number of rotatable bonds is 3. The minimum atomic E-state index is 0.641. The Labute approximate surface area is 105 Å². The van der Waals surface area contributed by atoms with Gasteiger partial charge in [0.05, 0.1) is 0 Å². The third-order valence-corrected chi connectivity index (χ3v) is 4.28. The number of thioether (sulfide) groups is 1. The molecule has 0 aliphatic carbocycles. The van der Waals surface area contributed by atoms with E-state index < -0.39 is 0 Å². The number of benzene rings is 1. The van der Waals surface area contributed by atoms with Crippen molar-refractivity contribution < 1.29 is 0 Å². The van der Waals surface area contributed by atoms with Crippen molar-refractivity contribution in [2.75, 3.05) is 11.5 Å². The summed E-state index contributed by atoms with van der Waals surface area (Å²) in [6.45, 7) is 0.835. The topological polar surface area (TPSA) is 12.0 Å². The minimum absolute atomic E-state index is 0.641. The molecule has 0 saturated carbocycles. The molecule has 1 fully saturated rings. The Morgan fingerprint density at radius 3 is 2.93 bits per heavy atom. The van der Waals surface area contributed by atoms with Gasteiger partial charge in [0.15, 0.2) is 0 Å². The van der Waals surface area contributed by atoms with Crippen LogP contribution in [0.5, 0.6) is 0 Å². The predicted molar refractivity (Wildman–Crippen MR) is 69.0 cm³/mol. The molecule has 1 aromatic rings. The lowest BCUT2D eigenvalue weighted by Gasteiger charge is -2.12. The first kappa shape index (κ1) is 11.6. The van der Waals surface area contributed by atoms with Gasteiger partial charge in [0.1, 0.15) is 0 Å². The molecular formula is C11H13Cl2NS. The molecule has 0 amide bonds. The van der Waals surface area contributed by atoms with E-state index in [9.17, 15) is 0 Å². The molecule has 0 aromatic heterocycles.